The van der Waals surface area contributed by atoms with E-state index in [1.807, 2.05) is 24.7 Å². The highest BCUT2D eigenvalue weighted by Gasteiger charge is 2.07. The van der Waals surface area contributed by atoms with Gasteiger partial charge in [-0.05, 0) is 17.9 Å². The molecule has 0 unspecified atom stereocenters. The van der Waals surface area contributed by atoms with Crippen LogP contribution in [0.5, 0.6) is 0 Å². The molecule has 0 atom stereocenters. The van der Waals surface area contributed by atoms with Gasteiger partial charge in [-0.15, -0.1) is 16.5 Å². The van der Waals surface area contributed by atoms with Crippen LogP contribution in [0, 0.1) is 6.92 Å². The first-order valence-electron chi connectivity index (χ1n) is 5.78. The lowest BCUT2D eigenvalue weighted by Crippen LogP contribution is -1.94. The van der Waals surface area contributed by atoms with Gasteiger partial charge in [0.15, 0.2) is 5.82 Å². The monoisotopic (exact) mass is 272 g/mol. The van der Waals surface area contributed by atoms with Crippen molar-refractivity contribution in [2.24, 2.45) is 17.3 Å². The standard InChI is InChI=1S/C12H12N6S/c1-8-6-19-11-10(8)14-7-15-12(11)17-16-5-9-13-3-4-18(9)2/h3-4,6-7H,5H2,1-2H3. The number of imidazole rings is 1. The molecule has 0 aromatic carbocycles. The van der Waals surface area contributed by atoms with Crippen LogP contribution in [0.2, 0.25) is 0 Å². The molecule has 0 N–H and O–H groups in total. The fourth-order valence-corrected chi connectivity index (χ4v) is 2.67. The fraction of sp³-hybridized carbons (Fsp3) is 0.250. The zero-order chi connectivity index (χ0) is 13.2. The van der Waals surface area contributed by atoms with Gasteiger partial charge >= 0.3 is 0 Å². The molecular weight excluding hydrogens is 260 g/mol. The molecule has 3 heterocycles. The maximum atomic E-state index is 4.25. The summed E-state index contributed by atoms with van der Waals surface area (Å²) in [5, 5.41) is 10.4. The Bertz CT molecular complexity index is 742. The molecule has 7 heteroatoms. The van der Waals surface area contributed by atoms with Crippen LogP contribution in [0.1, 0.15) is 11.4 Å². The zero-order valence-electron chi connectivity index (χ0n) is 10.6. The van der Waals surface area contributed by atoms with Crippen molar-refractivity contribution in [3.8, 4) is 0 Å². The summed E-state index contributed by atoms with van der Waals surface area (Å²) < 4.78 is 2.90. The van der Waals surface area contributed by atoms with Crippen molar-refractivity contribution in [2.75, 3.05) is 0 Å². The molecule has 6 nitrogen and oxygen atoms in total. The highest BCUT2D eigenvalue weighted by molar-refractivity contribution is 7.17. The number of rotatable bonds is 3. The second-order valence-corrected chi connectivity index (χ2v) is 5.03. The van der Waals surface area contributed by atoms with Crippen LogP contribution in [0.25, 0.3) is 10.2 Å². The Labute approximate surface area is 113 Å². The number of aryl methyl sites for hydroxylation is 2. The third kappa shape index (κ3) is 2.24. The van der Waals surface area contributed by atoms with E-state index in [-0.39, 0.29) is 0 Å². The largest absolute Gasteiger partial charge is 0.336 e. The Morgan fingerprint density at radius 1 is 1.32 bits per heavy atom. The molecule has 19 heavy (non-hydrogen) atoms. The highest BCUT2D eigenvalue weighted by atomic mass is 32.1. The predicted molar refractivity (Wildman–Crippen MR) is 73.6 cm³/mol. The van der Waals surface area contributed by atoms with E-state index in [0.717, 1.165) is 21.6 Å². The lowest BCUT2D eigenvalue weighted by molar-refractivity contribution is 0.772. The van der Waals surface area contributed by atoms with Crippen LogP contribution in [0.4, 0.5) is 5.82 Å². The first kappa shape index (κ1) is 11.9. The van der Waals surface area contributed by atoms with Crippen molar-refractivity contribution in [1.82, 2.24) is 19.5 Å². The van der Waals surface area contributed by atoms with Crippen LogP contribution in [0.15, 0.2) is 34.3 Å². The maximum absolute atomic E-state index is 4.25. The number of aromatic nitrogens is 4. The summed E-state index contributed by atoms with van der Waals surface area (Å²) in [5.41, 5.74) is 2.09. The summed E-state index contributed by atoms with van der Waals surface area (Å²) >= 11 is 1.59. The normalized spacial score (nSPS) is 11.7. The Balaban J connectivity index is 1.87. The molecule has 0 fully saturated rings. The van der Waals surface area contributed by atoms with E-state index in [4.69, 9.17) is 0 Å². The minimum absolute atomic E-state index is 0.444. The SMILES string of the molecule is Cc1csc2c(N=NCc3nccn3C)ncnc12. The average Bonchev–Trinajstić information content (AvgIpc) is 2.98. The van der Waals surface area contributed by atoms with Gasteiger partial charge in [0.1, 0.15) is 18.7 Å². The first-order chi connectivity index (χ1) is 9.25. The van der Waals surface area contributed by atoms with Crippen LogP contribution in [-0.4, -0.2) is 19.5 Å². The second-order valence-electron chi connectivity index (χ2n) is 4.15. The Morgan fingerprint density at radius 2 is 2.21 bits per heavy atom. The summed E-state index contributed by atoms with van der Waals surface area (Å²) in [6, 6.07) is 0. The molecule has 0 spiro atoms. The van der Waals surface area contributed by atoms with Crippen LogP contribution in [0.3, 0.4) is 0 Å². The fourth-order valence-electron chi connectivity index (χ4n) is 1.74. The molecule has 0 aliphatic heterocycles. The minimum atomic E-state index is 0.444. The lowest BCUT2D eigenvalue weighted by atomic mass is 10.3. The third-order valence-electron chi connectivity index (χ3n) is 2.81. The van der Waals surface area contributed by atoms with Crippen molar-refractivity contribution in [2.45, 2.75) is 13.5 Å². The number of azo groups is 1. The number of nitrogens with zero attached hydrogens (tertiary/aromatic N) is 6. The van der Waals surface area contributed by atoms with Crippen molar-refractivity contribution in [3.63, 3.8) is 0 Å². The van der Waals surface area contributed by atoms with E-state index < -0.39 is 0 Å². The van der Waals surface area contributed by atoms with E-state index in [2.05, 4.69) is 30.6 Å². The molecule has 3 aromatic heterocycles. The van der Waals surface area contributed by atoms with Gasteiger partial charge in [-0.25, -0.2) is 15.0 Å². The van der Waals surface area contributed by atoms with Crippen LogP contribution < -0.4 is 0 Å². The molecule has 0 bridgehead atoms. The minimum Gasteiger partial charge on any atom is -0.336 e. The van der Waals surface area contributed by atoms with Crippen LogP contribution >= 0.6 is 11.3 Å². The van der Waals surface area contributed by atoms with Gasteiger partial charge in [-0.1, -0.05) is 0 Å². The summed E-state index contributed by atoms with van der Waals surface area (Å²) in [6.45, 7) is 2.47. The van der Waals surface area contributed by atoms with E-state index >= 15 is 0 Å². The summed E-state index contributed by atoms with van der Waals surface area (Å²) in [6.07, 6.45) is 5.16. The molecule has 0 amide bonds. The van der Waals surface area contributed by atoms with Gasteiger partial charge in [0, 0.05) is 19.4 Å². The molecule has 0 aliphatic rings. The number of thiophene rings is 1. The summed E-state index contributed by atoms with van der Waals surface area (Å²) in [4.78, 5) is 12.6. The molecule has 0 saturated carbocycles. The second kappa shape index (κ2) is 4.85. The number of fused-ring (bicyclic) bond motifs is 1. The van der Waals surface area contributed by atoms with Gasteiger partial charge < -0.3 is 4.57 Å². The van der Waals surface area contributed by atoms with Crippen molar-refractivity contribution >= 4 is 27.4 Å². The smallest absolute Gasteiger partial charge is 0.195 e. The average molecular weight is 272 g/mol. The van der Waals surface area contributed by atoms with Crippen molar-refractivity contribution in [1.29, 1.82) is 0 Å². The van der Waals surface area contributed by atoms with E-state index in [0.29, 0.717) is 12.4 Å². The summed E-state index contributed by atoms with van der Waals surface area (Å²) in [7, 11) is 1.93. The Morgan fingerprint density at radius 3 is 3.00 bits per heavy atom. The molecule has 3 aromatic rings. The topological polar surface area (TPSA) is 68.3 Å². The van der Waals surface area contributed by atoms with Gasteiger partial charge in [-0.2, -0.15) is 5.11 Å². The molecule has 3 rings (SSSR count). The van der Waals surface area contributed by atoms with Gasteiger partial charge in [0.05, 0.1) is 10.2 Å². The lowest BCUT2D eigenvalue weighted by Gasteiger charge is -1.96. The number of hydrogen-bond acceptors (Lipinski definition) is 6. The quantitative estimate of drug-likeness (QED) is 0.688. The molecule has 0 saturated heterocycles. The Kier molecular flexibility index (Phi) is 3.04. The zero-order valence-corrected chi connectivity index (χ0v) is 11.4. The predicted octanol–water partition coefficient (Wildman–Crippen LogP) is 3.02. The molecular formula is C12H12N6S. The molecule has 0 radical (unpaired) electrons. The molecule has 0 aliphatic carbocycles. The van der Waals surface area contributed by atoms with E-state index in [1.54, 1.807) is 17.5 Å². The van der Waals surface area contributed by atoms with Gasteiger partial charge in [0.25, 0.3) is 0 Å². The van der Waals surface area contributed by atoms with Crippen molar-refractivity contribution in [3.05, 3.63) is 35.5 Å². The van der Waals surface area contributed by atoms with Crippen LogP contribution in [-0.2, 0) is 13.6 Å². The van der Waals surface area contributed by atoms with Gasteiger partial charge in [0.2, 0.25) is 0 Å². The third-order valence-corrected chi connectivity index (χ3v) is 3.89. The van der Waals surface area contributed by atoms with Gasteiger partial charge in [-0.3, -0.25) is 0 Å². The highest BCUT2D eigenvalue weighted by Crippen LogP contribution is 2.30. The molecule has 96 valence electrons. The van der Waals surface area contributed by atoms with E-state index in [1.165, 1.54) is 6.33 Å². The number of hydrogen-bond donors (Lipinski definition) is 0. The van der Waals surface area contributed by atoms with E-state index in [9.17, 15) is 0 Å². The maximum Gasteiger partial charge on any atom is 0.195 e. The van der Waals surface area contributed by atoms with Crippen molar-refractivity contribution < 1.29 is 0 Å². The summed E-state index contributed by atoms with van der Waals surface area (Å²) in [5.74, 6) is 1.49. The first-order valence-corrected chi connectivity index (χ1v) is 6.66. The Hall–Kier alpha value is -2.15.